The second-order valence-corrected chi connectivity index (χ2v) is 4.85. The zero-order valence-corrected chi connectivity index (χ0v) is 10.9. The molecule has 0 spiro atoms. The first-order chi connectivity index (χ1) is 9.20. The molecule has 0 aliphatic carbocycles. The van der Waals surface area contributed by atoms with Gasteiger partial charge in [-0.3, -0.25) is 0 Å². The maximum atomic E-state index is 13.5. The van der Waals surface area contributed by atoms with Crippen molar-refractivity contribution >= 4 is 11.8 Å². The van der Waals surface area contributed by atoms with Crippen molar-refractivity contribution in [3.8, 4) is 5.75 Å². The van der Waals surface area contributed by atoms with Gasteiger partial charge in [-0.25, -0.2) is 9.18 Å². The van der Waals surface area contributed by atoms with Crippen molar-refractivity contribution in [2.75, 3.05) is 26.7 Å². The number of isocyanates is 1. The van der Waals surface area contributed by atoms with Crippen LogP contribution in [0.2, 0.25) is 0 Å². The molecule has 1 aromatic carbocycles. The Labute approximate surface area is 111 Å². The van der Waals surface area contributed by atoms with Crippen molar-refractivity contribution in [3.63, 3.8) is 0 Å². The normalized spacial score (nSPS) is 16.9. The van der Waals surface area contributed by atoms with Crippen LogP contribution in [0.4, 0.5) is 10.1 Å². The lowest BCUT2D eigenvalue weighted by atomic mass is 9.98. The summed E-state index contributed by atoms with van der Waals surface area (Å²) >= 11 is 0. The molecule has 2 rings (SSSR count). The minimum absolute atomic E-state index is 0.0644. The van der Waals surface area contributed by atoms with Gasteiger partial charge in [-0.1, -0.05) is 6.07 Å². The minimum Gasteiger partial charge on any atom is -0.491 e. The van der Waals surface area contributed by atoms with E-state index < -0.39 is 5.82 Å². The molecular weight excluding hydrogens is 247 g/mol. The van der Waals surface area contributed by atoms with Crippen LogP contribution in [-0.2, 0) is 4.79 Å². The molecule has 1 aliphatic heterocycles. The van der Waals surface area contributed by atoms with E-state index in [1.165, 1.54) is 12.1 Å². The summed E-state index contributed by atoms with van der Waals surface area (Å²) in [5, 5.41) is 0. The third-order valence-electron chi connectivity index (χ3n) is 3.42. The molecule has 1 heterocycles. The highest BCUT2D eigenvalue weighted by atomic mass is 19.1. The van der Waals surface area contributed by atoms with Gasteiger partial charge in [-0.2, -0.15) is 4.99 Å². The number of likely N-dealkylation sites (tertiary alicyclic amines) is 1. The van der Waals surface area contributed by atoms with Gasteiger partial charge in [0.15, 0.2) is 11.5 Å². The van der Waals surface area contributed by atoms with Crippen LogP contribution in [0.15, 0.2) is 23.2 Å². The van der Waals surface area contributed by atoms with Crippen molar-refractivity contribution in [2.45, 2.75) is 12.8 Å². The van der Waals surface area contributed by atoms with Crippen LogP contribution in [0.25, 0.3) is 0 Å². The Hall–Kier alpha value is -1.71. The SMILES string of the molecule is CN1CCC(COc2cccc(F)c2N=C=O)CC1. The summed E-state index contributed by atoms with van der Waals surface area (Å²) in [6.07, 6.45) is 3.49. The fourth-order valence-corrected chi connectivity index (χ4v) is 2.20. The monoisotopic (exact) mass is 264 g/mol. The zero-order valence-electron chi connectivity index (χ0n) is 10.9. The van der Waals surface area contributed by atoms with E-state index >= 15 is 0 Å². The standard InChI is InChI=1S/C14H17FN2O2/c1-17-7-5-11(6-8-17)9-19-13-4-2-3-12(15)14(13)16-10-18/h2-4,11H,5-9H2,1H3. The highest BCUT2D eigenvalue weighted by molar-refractivity contribution is 5.58. The summed E-state index contributed by atoms with van der Waals surface area (Å²) in [6, 6.07) is 4.41. The van der Waals surface area contributed by atoms with E-state index in [0.29, 0.717) is 18.3 Å². The van der Waals surface area contributed by atoms with Crippen LogP contribution in [0, 0.1) is 11.7 Å². The second-order valence-electron chi connectivity index (χ2n) is 4.85. The highest BCUT2D eigenvalue weighted by Gasteiger charge is 2.18. The molecule has 1 saturated heterocycles. The van der Waals surface area contributed by atoms with Gasteiger partial charge in [0.2, 0.25) is 6.08 Å². The third-order valence-corrected chi connectivity index (χ3v) is 3.42. The Morgan fingerprint density at radius 1 is 1.47 bits per heavy atom. The van der Waals surface area contributed by atoms with Crippen molar-refractivity contribution in [1.29, 1.82) is 0 Å². The van der Waals surface area contributed by atoms with Crippen molar-refractivity contribution < 1.29 is 13.9 Å². The lowest BCUT2D eigenvalue weighted by Crippen LogP contribution is -2.32. The molecule has 0 radical (unpaired) electrons. The average molecular weight is 264 g/mol. The van der Waals surface area contributed by atoms with E-state index in [1.54, 1.807) is 12.1 Å². The number of rotatable bonds is 4. The van der Waals surface area contributed by atoms with E-state index in [9.17, 15) is 9.18 Å². The molecule has 1 aliphatic rings. The fourth-order valence-electron chi connectivity index (χ4n) is 2.20. The van der Waals surface area contributed by atoms with Gasteiger partial charge in [-0.15, -0.1) is 0 Å². The van der Waals surface area contributed by atoms with Crippen LogP contribution >= 0.6 is 0 Å². The molecule has 0 unspecified atom stereocenters. The number of piperidine rings is 1. The fraction of sp³-hybridized carbons (Fsp3) is 0.500. The van der Waals surface area contributed by atoms with Gasteiger partial charge in [-0.05, 0) is 51.0 Å². The summed E-state index contributed by atoms with van der Waals surface area (Å²) in [5.74, 6) is 0.207. The molecule has 19 heavy (non-hydrogen) atoms. The van der Waals surface area contributed by atoms with Gasteiger partial charge in [0, 0.05) is 0 Å². The summed E-state index contributed by atoms with van der Waals surface area (Å²) < 4.78 is 19.1. The Morgan fingerprint density at radius 3 is 2.89 bits per heavy atom. The zero-order chi connectivity index (χ0) is 13.7. The van der Waals surface area contributed by atoms with Crippen LogP contribution in [-0.4, -0.2) is 37.7 Å². The highest BCUT2D eigenvalue weighted by Crippen LogP contribution is 2.30. The summed E-state index contributed by atoms with van der Waals surface area (Å²) in [4.78, 5) is 15.9. The molecule has 0 aromatic heterocycles. The van der Waals surface area contributed by atoms with Gasteiger partial charge >= 0.3 is 0 Å². The molecule has 5 heteroatoms. The second kappa shape index (κ2) is 6.45. The Bertz CT molecular complexity index is 478. The topological polar surface area (TPSA) is 41.9 Å². The molecule has 1 fully saturated rings. The maximum absolute atomic E-state index is 13.5. The van der Waals surface area contributed by atoms with E-state index in [2.05, 4.69) is 16.9 Å². The van der Waals surface area contributed by atoms with E-state index in [4.69, 9.17) is 4.74 Å². The van der Waals surface area contributed by atoms with Gasteiger partial charge in [0.25, 0.3) is 0 Å². The number of para-hydroxylation sites is 1. The molecular formula is C14H17FN2O2. The number of benzene rings is 1. The van der Waals surface area contributed by atoms with Crippen LogP contribution in [0.1, 0.15) is 12.8 Å². The average Bonchev–Trinajstić information content (AvgIpc) is 2.41. The van der Waals surface area contributed by atoms with Crippen molar-refractivity contribution in [1.82, 2.24) is 4.90 Å². The summed E-state index contributed by atoms with van der Waals surface area (Å²) in [5.41, 5.74) is -0.0644. The predicted molar refractivity (Wildman–Crippen MR) is 69.9 cm³/mol. The van der Waals surface area contributed by atoms with Crippen molar-refractivity contribution in [3.05, 3.63) is 24.0 Å². The Balaban J connectivity index is 1.99. The first-order valence-electron chi connectivity index (χ1n) is 6.38. The predicted octanol–water partition coefficient (Wildman–Crippen LogP) is 2.51. The van der Waals surface area contributed by atoms with Crippen LogP contribution < -0.4 is 4.74 Å². The van der Waals surface area contributed by atoms with Gasteiger partial charge < -0.3 is 9.64 Å². The first-order valence-corrected chi connectivity index (χ1v) is 6.38. The van der Waals surface area contributed by atoms with Crippen molar-refractivity contribution in [2.24, 2.45) is 10.9 Å². The van der Waals surface area contributed by atoms with Gasteiger partial charge in [0.05, 0.1) is 6.61 Å². The maximum Gasteiger partial charge on any atom is 0.240 e. The van der Waals surface area contributed by atoms with E-state index in [-0.39, 0.29) is 5.69 Å². The Morgan fingerprint density at radius 2 is 2.21 bits per heavy atom. The van der Waals surface area contributed by atoms with E-state index in [0.717, 1.165) is 25.9 Å². The number of aliphatic imine (C=N–C) groups is 1. The van der Waals surface area contributed by atoms with E-state index in [1.807, 2.05) is 0 Å². The number of hydrogen-bond acceptors (Lipinski definition) is 4. The molecule has 0 saturated carbocycles. The summed E-state index contributed by atoms with van der Waals surface area (Å²) in [7, 11) is 2.10. The largest absolute Gasteiger partial charge is 0.491 e. The molecule has 1 aromatic rings. The molecule has 0 atom stereocenters. The minimum atomic E-state index is -0.566. The number of nitrogens with zero attached hydrogens (tertiary/aromatic N) is 2. The van der Waals surface area contributed by atoms with Gasteiger partial charge in [0.1, 0.15) is 5.75 Å². The number of hydrogen-bond donors (Lipinski definition) is 0. The molecule has 0 N–H and O–H groups in total. The molecule has 0 bridgehead atoms. The third kappa shape index (κ3) is 3.63. The Kier molecular flexibility index (Phi) is 4.66. The number of ether oxygens (including phenoxy) is 1. The quantitative estimate of drug-likeness (QED) is 0.620. The first kappa shape index (κ1) is 13.7. The number of halogens is 1. The number of carbonyl (C=O) groups excluding carboxylic acids is 1. The lowest BCUT2D eigenvalue weighted by Gasteiger charge is -2.28. The van der Waals surface area contributed by atoms with Crippen LogP contribution in [0.3, 0.4) is 0 Å². The smallest absolute Gasteiger partial charge is 0.240 e. The molecule has 0 amide bonds. The lowest BCUT2D eigenvalue weighted by molar-refractivity contribution is 0.160. The molecule has 102 valence electrons. The van der Waals surface area contributed by atoms with Crippen LogP contribution in [0.5, 0.6) is 5.75 Å². The molecule has 4 nitrogen and oxygen atoms in total. The summed E-state index contributed by atoms with van der Waals surface area (Å²) in [6.45, 7) is 2.63.